The van der Waals surface area contributed by atoms with Crippen molar-refractivity contribution in [2.24, 2.45) is 5.41 Å². The third-order valence-corrected chi connectivity index (χ3v) is 4.68. The molecule has 0 aliphatic heterocycles. The summed E-state index contributed by atoms with van der Waals surface area (Å²) >= 11 is 0. The molecule has 0 radical (unpaired) electrons. The Bertz CT molecular complexity index is 515. The van der Waals surface area contributed by atoms with Gasteiger partial charge in [0.2, 0.25) is 10.0 Å². The Kier molecular flexibility index (Phi) is 5.59. The van der Waals surface area contributed by atoms with Crippen molar-refractivity contribution in [2.45, 2.75) is 39.0 Å². The number of benzene rings is 1. The lowest BCUT2D eigenvalue weighted by molar-refractivity contribution is 0.281. The molecular formula is C15H25NO3S. The van der Waals surface area contributed by atoms with Crippen molar-refractivity contribution < 1.29 is 13.2 Å². The number of methoxy groups -OCH3 is 1. The van der Waals surface area contributed by atoms with E-state index in [1.165, 1.54) is 0 Å². The predicted molar refractivity (Wildman–Crippen MR) is 81.5 cm³/mol. The Morgan fingerprint density at radius 3 is 2.10 bits per heavy atom. The van der Waals surface area contributed by atoms with Gasteiger partial charge in [-0.05, 0) is 36.1 Å². The van der Waals surface area contributed by atoms with Crippen molar-refractivity contribution >= 4 is 10.0 Å². The first kappa shape index (κ1) is 17.0. The summed E-state index contributed by atoms with van der Waals surface area (Å²) < 4.78 is 32.0. The minimum Gasteiger partial charge on any atom is -0.497 e. The van der Waals surface area contributed by atoms with E-state index in [4.69, 9.17) is 4.74 Å². The van der Waals surface area contributed by atoms with Gasteiger partial charge in [0.25, 0.3) is 0 Å². The summed E-state index contributed by atoms with van der Waals surface area (Å²) in [6, 6.07) is 6.54. The summed E-state index contributed by atoms with van der Waals surface area (Å²) in [5, 5.41) is 0. The van der Waals surface area contributed by atoms with Gasteiger partial charge in [-0.15, -0.1) is 0 Å². The summed E-state index contributed by atoms with van der Waals surface area (Å²) in [5.41, 5.74) is -0.0747. The molecule has 114 valence electrons. The predicted octanol–water partition coefficient (Wildman–Crippen LogP) is 3.14. The molecule has 1 aromatic carbocycles. The van der Waals surface area contributed by atoms with E-state index in [-0.39, 0.29) is 5.41 Å². The summed E-state index contributed by atoms with van der Waals surface area (Å²) in [6.07, 6.45) is 0.797. The van der Waals surface area contributed by atoms with Crippen molar-refractivity contribution in [3.05, 3.63) is 24.3 Å². The molecule has 0 fully saturated rings. The number of hydrogen-bond acceptors (Lipinski definition) is 3. The fraction of sp³-hybridized carbons (Fsp3) is 0.600. The zero-order chi connectivity index (χ0) is 15.4. The first-order valence-corrected chi connectivity index (χ1v) is 8.29. The molecule has 0 spiro atoms. The van der Waals surface area contributed by atoms with Gasteiger partial charge in [0.15, 0.2) is 0 Å². The number of nitrogens with zero attached hydrogens (tertiary/aromatic N) is 1. The minimum absolute atomic E-state index is 0.0747. The molecule has 0 saturated heterocycles. The second-order valence-corrected chi connectivity index (χ2v) is 8.01. The van der Waals surface area contributed by atoms with Crippen LogP contribution in [0.3, 0.4) is 0 Å². The highest BCUT2D eigenvalue weighted by Gasteiger charge is 2.27. The second-order valence-electron chi connectivity index (χ2n) is 6.07. The van der Waals surface area contributed by atoms with Crippen LogP contribution in [-0.4, -0.2) is 32.9 Å². The first-order chi connectivity index (χ1) is 9.20. The first-order valence-electron chi connectivity index (χ1n) is 6.85. The monoisotopic (exact) mass is 299 g/mol. The Morgan fingerprint density at radius 2 is 1.70 bits per heavy atom. The van der Waals surface area contributed by atoms with Crippen LogP contribution in [0.15, 0.2) is 29.2 Å². The number of rotatable bonds is 6. The van der Waals surface area contributed by atoms with Gasteiger partial charge in [0.1, 0.15) is 5.75 Å². The summed E-state index contributed by atoms with van der Waals surface area (Å²) in [5.74, 6) is 0.654. The summed E-state index contributed by atoms with van der Waals surface area (Å²) in [6.45, 7) is 9.15. The van der Waals surface area contributed by atoms with Crippen LogP contribution in [0.25, 0.3) is 0 Å². The Morgan fingerprint density at radius 1 is 1.15 bits per heavy atom. The maximum absolute atomic E-state index is 12.7. The summed E-state index contributed by atoms with van der Waals surface area (Å²) in [4.78, 5) is 0.316. The van der Waals surface area contributed by atoms with E-state index < -0.39 is 10.0 Å². The Hall–Kier alpha value is -1.07. The molecule has 0 aliphatic carbocycles. The molecule has 0 saturated carbocycles. The molecule has 0 bridgehead atoms. The molecule has 0 aromatic heterocycles. The van der Waals surface area contributed by atoms with Crippen LogP contribution in [0, 0.1) is 5.41 Å². The van der Waals surface area contributed by atoms with E-state index in [0.717, 1.165) is 6.42 Å². The SMILES string of the molecule is CCCN(CC(C)(C)C)S(=O)(=O)c1ccc(OC)cc1. The lowest BCUT2D eigenvalue weighted by Crippen LogP contribution is -2.38. The van der Waals surface area contributed by atoms with Crippen molar-refractivity contribution in [2.75, 3.05) is 20.2 Å². The molecule has 1 aromatic rings. The van der Waals surface area contributed by atoms with Crippen molar-refractivity contribution in [3.8, 4) is 5.75 Å². The molecule has 0 heterocycles. The van der Waals surface area contributed by atoms with Crippen LogP contribution in [0.1, 0.15) is 34.1 Å². The number of sulfonamides is 1. The van der Waals surface area contributed by atoms with E-state index in [9.17, 15) is 8.42 Å². The Labute approximate surface area is 122 Å². The van der Waals surface area contributed by atoms with Gasteiger partial charge in [0.05, 0.1) is 12.0 Å². The molecule has 0 amide bonds. The van der Waals surface area contributed by atoms with Crippen LogP contribution >= 0.6 is 0 Å². The van der Waals surface area contributed by atoms with Crippen LogP contribution in [-0.2, 0) is 10.0 Å². The van der Waals surface area contributed by atoms with Gasteiger partial charge in [-0.2, -0.15) is 4.31 Å². The van der Waals surface area contributed by atoms with Gasteiger partial charge < -0.3 is 4.74 Å². The van der Waals surface area contributed by atoms with Crippen LogP contribution < -0.4 is 4.74 Å². The number of ether oxygens (including phenoxy) is 1. The minimum atomic E-state index is -3.44. The van der Waals surface area contributed by atoms with Gasteiger partial charge in [-0.1, -0.05) is 27.7 Å². The quantitative estimate of drug-likeness (QED) is 0.810. The van der Waals surface area contributed by atoms with Gasteiger partial charge in [-0.3, -0.25) is 0 Å². The van der Waals surface area contributed by atoms with E-state index >= 15 is 0 Å². The third kappa shape index (κ3) is 4.49. The average Bonchev–Trinajstić information content (AvgIpc) is 2.37. The molecule has 1 rings (SSSR count). The maximum atomic E-state index is 12.7. The van der Waals surface area contributed by atoms with E-state index in [0.29, 0.717) is 23.7 Å². The van der Waals surface area contributed by atoms with Crippen LogP contribution in [0.2, 0.25) is 0 Å². The molecule has 0 aliphatic rings. The van der Waals surface area contributed by atoms with Crippen molar-refractivity contribution in [1.82, 2.24) is 4.31 Å². The lowest BCUT2D eigenvalue weighted by atomic mass is 9.97. The second kappa shape index (κ2) is 6.59. The lowest BCUT2D eigenvalue weighted by Gasteiger charge is -2.29. The van der Waals surface area contributed by atoms with E-state index in [1.807, 2.05) is 27.7 Å². The molecule has 20 heavy (non-hydrogen) atoms. The normalized spacial score (nSPS) is 12.7. The highest BCUT2D eigenvalue weighted by molar-refractivity contribution is 7.89. The molecule has 0 N–H and O–H groups in total. The molecular weight excluding hydrogens is 274 g/mol. The molecule has 5 heteroatoms. The molecule has 0 unspecified atom stereocenters. The topological polar surface area (TPSA) is 46.6 Å². The zero-order valence-electron chi connectivity index (χ0n) is 13.0. The fourth-order valence-electron chi connectivity index (χ4n) is 1.96. The third-order valence-electron chi connectivity index (χ3n) is 2.82. The fourth-order valence-corrected chi connectivity index (χ4v) is 3.72. The highest BCUT2D eigenvalue weighted by Crippen LogP contribution is 2.24. The highest BCUT2D eigenvalue weighted by atomic mass is 32.2. The largest absolute Gasteiger partial charge is 0.497 e. The Balaban J connectivity index is 3.08. The van der Waals surface area contributed by atoms with Crippen LogP contribution in [0.4, 0.5) is 0 Å². The molecule has 0 atom stereocenters. The maximum Gasteiger partial charge on any atom is 0.243 e. The van der Waals surface area contributed by atoms with Gasteiger partial charge >= 0.3 is 0 Å². The zero-order valence-corrected chi connectivity index (χ0v) is 13.8. The number of hydrogen-bond donors (Lipinski definition) is 0. The standard InChI is InChI=1S/C15H25NO3S/c1-6-11-16(12-15(2,3)4)20(17,18)14-9-7-13(19-5)8-10-14/h7-10H,6,11-12H2,1-5H3. The average molecular weight is 299 g/mol. The van der Waals surface area contributed by atoms with Crippen molar-refractivity contribution in [3.63, 3.8) is 0 Å². The van der Waals surface area contributed by atoms with E-state index in [2.05, 4.69) is 0 Å². The van der Waals surface area contributed by atoms with Gasteiger partial charge in [0, 0.05) is 13.1 Å². The molecule has 4 nitrogen and oxygen atoms in total. The smallest absolute Gasteiger partial charge is 0.243 e. The van der Waals surface area contributed by atoms with Gasteiger partial charge in [-0.25, -0.2) is 8.42 Å². The van der Waals surface area contributed by atoms with E-state index in [1.54, 1.807) is 35.7 Å². The summed E-state index contributed by atoms with van der Waals surface area (Å²) in [7, 11) is -1.88. The van der Waals surface area contributed by atoms with Crippen LogP contribution in [0.5, 0.6) is 5.75 Å². The van der Waals surface area contributed by atoms with Crippen molar-refractivity contribution in [1.29, 1.82) is 0 Å².